The van der Waals surface area contributed by atoms with E-state index in [0.29, 0.717) is 82.1 Å². The highest BCUT2D eigenvalue weighted by Crippen LogP contribution is 2.41. The summed E-state index contributed by atoms with van der Waals surface area (Å²) in [6.07, 6.45) is 1.38. The van der Waals surface area contributed by atoms with Gasteiger partial charge in [0.1, 0.15) is 41.8 Å². The van der Waals surface area contributed by atoms with E-state index < -0.39 is 82.9 Å². The molecule has 5 heterocycles. The summed E-state index contributed by atoms with van der Waals surface area (Å²) in [6, 6.07) is 16.5. The van der Waals surface area contributed by atoms with Crippen molar-refractivity contribution < 1.29 is 51.4 Å². The number of morpholine rings is 1. The summed E-state index contributed by atoms with van der Waals surface area (Å²) in [5.41, 5.74) is 2.00. The second-order valence-corrected chi connectivity index (χ2v) is 21.8. The summed E-state index contributed by atoms with van der Waals surface area (Å²) >= 11 is 0. The lowest BCUT2D eigenvalue weighted by atomic mass is 9.82. The monoisotopic (exact) mass is 1090 g/mol. The number of carbonyl (C=O) groups is 6. The molecular weight excluding hydrogens is 1020 g/mol. The Balaban J connectivity index is 1.01. The lowest BCUT2D eigenvalue weighted by Gasteiger charge is -2.44. The second-order valence-electron chi connectivity index (χ2n) is 21.8. The highest BCUT2D eigenvalue weighted by atomic mass is 19.1. The maximum absolute atomic E-state index is 15.3. The maximum Gasteiger partial charge on any atom is 0.252 e. The van der Waals surface area contributed by atoms with Gasteiger partial charge in [-0.05, 0) is 130 Å². The molecule has 9 rings (SSSR count). The summed E-state index contributed by atoms with van der Waals surface area (Å²) in [4.78, 5) is 94.4. The molecule has 6 N–H and O–H groups in total. The van der Waals surface area contributed by atoms with Crippen LogP contribution in [0.5, 0.6) is 0 Å². The van der Waals surface area contributed by atoms with Crippen molar-refractivity contribution in [3.05, 3.63) is 124 Å². The predicted molar refractivity (Wildman–Crippen MR) is 290 cm³/mol. The van der Waals surface area contributed by atoms with E-state index in [4.69, 9.17) is 9.47 Å². The number of para-hydroxylation sites is 1. The molecule has 0 unspecified atom stereocenters. The number of anilines is 3. The van der Waals surface area contributed by atoms with Gasteiger partial charge in [-0.2, -0.15) is 0 Å². The average Bonchev–Trinajstić information content (AvgIpc) is 4.22. The van der Waals surface area contributed by atoms with Crippen molar-refractivity contribution in [1.29, 1.82) is 0 Å². The molecule has 21 heteroatoms. The molecule has 7 atom stereocenters. The van der Waals surface area contributed by atoms with Gasteiger partial charge in [0.05, 0.1) is 31.2 Å². The number of nitrogens with zero attached hydrogens (tertiary/aromatic N) is 4. The van der Waals surface area contributed by atoms with Gasteiger partial charge < -0.3 is 46.3 Å². The number of fused-ring (bicyclic) bond motifs is 2. The first-order valence-electron chi connectivity index (χ1n) is 27.2. The number of carbonyl (C=O) groups excluding carboxylic acids is 6. The van der Waals surface area contributed by atoms with Crippen molar-refractivity contribution in [2.24, 2.45) is 5.92 Å². The van der Waals surface area contributed by atoms with Crippen molar-refractivity contribution in [3.63, 3.8) is 0 Å². The van der Waals surface area contributed by atoms with Gasteiger partial charge in [0.25, 0.3) is 5.91 Å². The van der Waals surface area contributed by atoms with Crippen LogP contribution in [0.25, 0.3) is 0 Å². The van der Waals surface area contributed by atoms with E-state index in [0.717, 1.165) is 40.8 Å². The van der Waals surface area contributed by atoms with Crippen LogP contribution in [0.15, 0.2) is 78.9 Å². The molecule has 4 aromatic rings. The van der Waals surface area contributed by atoms with Crippen LogP contribution in [0.2, 0.25) is 0 Å². The average molecular weight is 1090 g/mol. The Bertz CT molecular complexity index is 2910. The molecule has 4 aromatic carbocycles. The van der Waals surface area contributed by atoms with Gasteiger partial charge in [0.2, 0.25) is 29.5 Å². The summed E-state index contributed by atoms with van der Waals surface area (Å²) < 4.78 is 55.3. The highest BCUT2D eigenvalue weighted by molar-refractivity contribution is 6.07. The number of rotatable bonds is 17. The van der Waals surface area contributed by atoms with Gasteiger partial charge in [-0.1, -0.05) is 36.4 Å². The van der Waals surface area contributed by atoms with Crippen molar-refractivity contribution >= 4 is 52.5 Å². The molecule has 5 aliphatic heterocycles. The Hall–Kier alpha value is -6.75. The minimum atomic E-state index is -1.50. The van der Waals surface area contributed by atoms with Crippen LogP contribution in [0.1, 0.15) is 74.4 Å². The largest absolute Gasteiger partial charge is 0.383 e. The van der Waals surface area contributed by atoms with E-state index in [-0.39, 0.29) is 60.7 Å². The zero-order valence-corrected chi connectivity index (χ0v) is 45.3. The third-order valence-electron chi connectivity index (χ3n) is 16.2. The molecule has 0 bridgehead atoms. The lowest BCUT2D eigenvalue weighted by molar-refractivity contribution is -0.151. The van der Waals surface area contributed by atoms with Crippen LogP contribution >= 0.6 is 0 Å². The summed E-state index contributed by atoms with van der Waals surface area (Å²) in [7, 11) is 1.61. The SMILES string of the molecule is CN[C@@H](C)C(=O)N[C@H](C(=O)N1Cc2ccc(NC(=O)CN(C(=O)CN3C[C@@H](C)NC[C@@H]3CN3CCOC[C@H]3C)C(=O)[C@@]3(C)CNc4cc(Cc5ccc(F)cc5)ccc43)cc2[C@H]1C(=O)Nc1c(F)cccc1F)C1CCOCC1. The van der Waals surface area contributed by atoms with Crippen LogP contribution in [-0.2, 0) is 56.6 Å². The van der Waals surface area contributed by atoms with E-state index in [1.165, 1.54) is 23.1 Å². The smallest absolute Gasteiger partial charge is 0.252 e. The molecule has 0 saturated carbocycles. The number of halogens is 3. The van der Waals surface area contributed by atoms with Gasteiger partial charge in [-0.15, -0.1) is 0 Å². The number of amides is 6. The van der Waals surface area contributed by atoms with Crippen LogP contribution in [0.4, 0.5) is 30.2 Å². The van der Waals surface area contributed by atoms with E-state index >= 15 is 18.4 Å². The number of piperazine rings is 1. The molecule has 3 saturated heterocycles. The third-order valence-corrected chi connectivity index (χ3v) is 16.2. The van der Waals surface area contributed by atoms with E-state index in [1.54, 1.807) is 45.2 Å². The number of hydrogen-bond donors (Lipinski definition) is 6. The molecule has 0 radical (unpaired) electrons. The number of ether oxygens (including phenoxy) is 2. The van der Waals surface area contributed by atoms with Gasteiger partial charge in [0.15, 0.2) is 0 Å². The maximum atomic E-state index is 15.3. The second kappa shape index (κ2) is 24.7. The fourth-order valence-corrected chi connectivity index (χ4v) is 11.4. The predicted octanol–water partition coefficient (Wildman–Crippen LogP) is 4.30. The molecule has 0 aliphatic carbocycles. The van der Waals surface area contributed by atoms with Crippen LogP contribution in [0.3, 0.4) is 0 Å². The molecule has 5 aliphatic rings. The standard InChI is InChI=1S/C58H71F3N10O8/c1-34-27-69(43(26-63-34)29-68-19-22-79-32-35(68)2)31-50(73)70(57(77)58(4)33-64-48-24-38(11-16-45(48)58)23-37-9-13-41(59)14-10-37)30-49(72)65-42-15-12-40-28-71(53(44(40)25-42)55(75)67-52-46(60)7-6-8-47(52)61)56(76)51(39-17-20-78-21-18-39)66-54(74)36(3)62-5/h6-16,24-25,34-36,39,43,51,53,62-64H,17-23,26-33H2,1-5H3,(H,65,72)(H,66,74)(H,67,75)/t34-,35-,36+,43-,51+,53+,58+/m1/s1. The Morgan fingerprint density at radius 3 is 2.33 bits per heavy atom. The number of likely N-dealkylation sites (N-methyl/N-ethyl adjacent to an activating group) is 1. The van der Waals surface area contributed by atoms with E-state index in [9.17, 15) is 23.6 Å². The summed E-state index contributed by atoms with van der Waals surface area (Å²) in [6.45, 7) is 11.0. The number of nitrogens with one attached hydrogen (secondary N) is 6. The Kier molecular flexibility index (Phi) is 17.8. The quantitative estimate of drug-likeness (QED) is 0.0875. The Morgan fingerprint density at radius 1 is 0.873 bits per heavy atom. The van der Waals surface area contributed by atoms with Crippen LogP contribution < -0.4 is 31.9 Å². The van der Waals surface area contributed by atoms with Crippen molar-refractivity contribution in [1.82, 2.24) is 35.6 Å². The van der Waals surface area contributed by atoms with Gasteiger partial charge in [-0.25, -0.2) is 13.2 Å². The Labute approximate surface area is 458 Å². The van der Waals surface area contributed by atoms with Crippen LogP contribution in [-0.4, -0.2) is 165 Å². The number of imide groups is 1. The molecule has 422 valence electrons. The van der Waals surface area contributed by atoms with Crippen molar-refractivity contribution in [2.75, 3.05) is 95.2 Å². The minimum Gasteiger partial charge on any atom is -0.383 e. The normalized spacial score (nSPS) is 23.2. The fourth-order valence-electron chi connectivity index (χ4n) is 11.4. The zero-order chi connectivity index (χ0) is 56.1. The first-order valence-corrected chi connectivity index (χ1v) is 27.2. The molecule has 0 spiro atoms. The zero-order valence-electron chi connectivity index (χ0n) is 45.3. The first kappa shape index (κ1) is 57.0. The molecular formula is C58H71F3N10O8. The van der Waals surface area contributed by atoms with Gasteiger partial charge >= 0.3 is 0 Å². The molecule has 18 nitrogen and oxygen atoms in total. The minimum absolute atomic E-state index is 0.0300. The Morgan fingerprint density at radius 2 is 1.61 bits per heavy atom. The van der Waals surface area contributed by atoms with Crippen molar-refractivity contribution in [3.8, 4) is 0 Å². The molecule has 6 amide bonds. The van der Waals surface area contributed by atoms with Gasteiger partial charge in [0, 0.05) is 82.0 Å². The van der Waals surface area contributed by atoms with Crippen molar-refractivity contribution in [2.45, 2.75) is 95.2 Å². The summed E-state index contributed by atoms with van der Waals surface area (Å²) in [5, 5.41) is 17.9. The van der Waals surface area contributed by atoms with E-state index in [2.05, 4.69) is 48.6 Å². The molecule has 0 aromatic heterocycles. The topological polar surface area (TPSA) is 206 Å². The highest BCUT2D eigenvalue weighted by Gasteiger charge is 2.48. The molecule has 3 fully saturated rings. The lowest BCUT2D eigenvalue weighted by Crippen LogP contribution is -2.63. The third kappa shape index (κ3) is 12.8. The first-order chi connectivity index (χ1) is 37.9. The number of hydrogen-bond acceptors (Lipinski definition) is 13. The molecule has 79 heavy (non-hydrogen) atoms. The summed E-state index contributed by atoms with van der Waals surface area (Å²) in [5.74, 6) is -6.71. The van der Waals surface area contributed by atoms with Crippen LogP contribution in [0, 0.1) is 23.4 Å². The van der Waals surface area contributed by atoms with E-state index in [1.807, 2.05) is 25.1 Å². The van der Waals surface area contributed by atoms with Gasteiger partial charge in [-0.3, -0.25) is 43.5 Å². The fraction of sp³-hybridized carbons (Fsp3) is 0.483. The number of benzene rings is 4.